The maximum Gasteiger partial charge on any atom is 0.237 e. The van der Waals surface area contributed by atoms with Crippen molar-refractivity contribution in [2.45, 2.75) is 0 Å². The van der Waals surface area contributed by atoms with Gasteiger partial charge in [0.25, 0.3) is 0 Å². The summed E-state index contributed by atoms with van der Waals surface area (Å²) >= 11 is 0. The van der Waals surface area contributed by atoms with Crippen LogP contribution in [0.2, 0.25) is 0 Å². The standard InChI is InChI=1S/C9H13N5O/c1-12-8(5-13-11)7-4-3-6(10)9(14-7)15-2/h3-5,11-12H,10H2,1-2H3/p+1. The zero-order valence-electron chi connectivity index (χ0n) is 8.69. The molecule has 0 spiro atoms. The third-order valence-corrected chi connectivity index (χ3v) is 1.89. The second-order valence-corrected chi connectivity index (χ2v) is 2.80. The Bertz CT molecular complexity index is 388. The first-order chi connectivity index (χ1) is 7.22. The molecule has 1 aromatic rings. The number of nitrogen functional groups attached to an aromatic ring is 1. The summed E-state index contributed by atoms with van der Waals surface area (Å²) in [5.41, 5.74) is 14.3. The van der Waals surface area contributed by atoms with Gasteiger partial charge in [-0.05, 0) is 12.1 Å². The lowest BCUT2D eigenvalue weighted by Crippen LogP contribution is -2.76. The van der Waals surface area contributed by atoms with E-state index in [4.69, 9.17) is 16.0 Å². The fraction of sp³-hybridized carbons (Fsp3) is 0.222. The van der Waals surface area contributed by atoms with Gasteiger partial charge in [0.15, 0.2) is 5.70 Å². The summed E-state index contributed by atoms with van der Waals surface area (Å²) in [7, 11) is 3.36. The summed E-state index contributed by atoms with van der Waals surface area (Å²) < 4.78 is 5.00. The molecule has 0 aliphatic heterocycles. The van der Waals surface area contributed by atoms with Gasteiger partial charge in [0.05, 0.1) is 19.8 Å². The number of nitrogens with one attached hydrogen (secondary N) is 1. The normalized spacial score (nSPS) is 11.2. The predicted molar refractivity (Wildman–Crippen MR) is 56.2 cm³/mol. The molecule has 0 fully saturated rings. The number of quaternary nitrogens is 1. The summed E-state index contributed by atoms with van der Waals surface area (Å²) in [4.78, 5) is 4.19. The van der Waals surface area contributed by atoms with Crippen molar-refractivity contribution in [3.63, 3.8) is 0 Å². The number of anilines is 1. The zero-order valence-corrected chi connectivity index (χ0v) is 8.69. The minimum Gasteiger partial charge on any atom is -0.480 e. The SMILES string of the molecule is C[NH2+]C(=CN=N)c1ccc(N)c(OC)n1. The second-order valence-electron chi connectivity index (χ2n) is 2.80. The van der Waals surface area contributed by atoms with Gasteiger partial charge in [0.1, 0.15) is 11.9 Å². The van der Waals surface area contributed by atoms with Gasteiger partial charge in [0, 0.05) is 0 Å². The van der Waals surface area contributed by atoms with Gasteiger partial charge < -0.3 is 15.8 Å². The van der Waals surface area contributed by atoms with Crippen molar-refractivity contribution in [1.82, 2.24) is 4.98 Å². The molecule has 1 rings (SSSR count). The van der Waals surface area contributed by atoms with Crippen LogP contribution in [-0.4, -0.2) is 19.1 Å². The van der Waals surface area contributed by atoms with Crippen molar-refractivity contribution in [1.29, 1.82) is 5.53 Å². The monoisotopic (exact) mass is 208 g/mol. The molecule has 15 heavy (non-hydrogen) atoms. The molecule has 0 aromatic carbocycles. The number of methoxy groups -OCH3 is 1. The molecule has 1 heterocycles. The highest BCUT2D eigenvalue weighted by molar-refractivity contribution is 5.58. The minimum atomic E-state index is 0.380. The quantitative estimate of drug-likeness (QED) is 0.616. The molecule has 1 aromatic heterocycles. The molecule has 0 unspecified atom stereocenters. The number of aromatic nitrogens is 1. The van der Waals surface area contributed by atoms with Crippen LogP contribution in [0.5, 0.6) is 5.88 Å². The van der Waals surface area contributed by atoms with Gasteiger partial charge in [-0.15, -0.1) is 0 Å². The number of pyridine rings is 1. The molecule has 5 N–H and O–H groups in total. The van der Waals surface area contributed by atoms with Gasteiger partial charge >= 0.3 is 0 Å². The maximum absolute atomic E-state index is 6.77. The van der Waals surface area contributed by atoms with Gasteiger partial charge in [-0.2, -0.15) is 5.11 Å². The lowest BCUT2D eigenvalue weighted by molar-refractivity contribution is -0.530. The summed E-state index contributed by atoms with van der Waals surface area (Å²) in [5, 5.41) is 5.02. The summed E-state index contributed by atoms with van der Waals surface area (Å²) in [6, 6.07) is 3.47. The summed E-state index contributed by atoms with van der Waals surface area (Å²) in [6.07, 6.45) is 1.41. The van der Waals surface area contributed by atoms with Crippen molar-refractivity contribution in [2.75, 3.05) is 19.9 Å². The van der Waals surface area contributed by atoms with Crippen molar-refractivity contribution >= 4 is 11.4 Å². The van der Waals surface area contributed by atoms with Crippen LogP contribution in [0.3, 0.4) is 0 Å². The molecule has 0 amide bonds. The molecule has 0 aliphatic rings. The van der Waals surface area contributed by atoms with E-state index in [1.54, 1.807) is 12.1 Å². The number of hydrogen-bond acceptors (Lipinski definition) is 5. The first-order valence-corrected chi connectivity index (χ1v) is 4.40. The number of ether oxygens (including phenoxy) is 1. The van der Waals surface area contributed by atoms with Crippen LogP contribution in [-0.2, 0) is 0 Å². The average Bonchev–Trinajstić information content (AvgIpc) is 2.27. The lowest BCUT2D eigenvalue weighted by Gasteiger charge is -2.05. The highest BCUT2D eigenvalue weighted by Gasteiger charge is 2.09. The van der Waals surface area contributed by atoms with E-state index < -0.39 is 0 Å². The zero-order chi connectivity index (χ0) is 11.3. The van der Waals surface area contributed by atoms with Crippen LogP contribution in [0, 0.1) is 5.53 Å². The molecule has 0 radical (unpaired) electrons. The van der Waals surface area contributed by atoms with Gasteiger partial charge in [0.2, 0.25) is 5.88 Å². The van der Waals surface area contributed by atoms with E-state index in [9.17, 15) is 0 Å². The van der Waals surface area contributed by atoms with Gasteiger partial charge in [-0.25, -0.2) is 10.5 Å². The van der Waals surface area contributed by atoms with Crippen molar-refractivity contribution in [3.8, 4) is 5.88 Å². The first kappa shape index (κ1) is 11.1. The highest BCUT2D eigenvalue weighted by atomic mass is 16.5. The highest BCUT2D eigenvalue weighted by Crippen LogP contribution is 2.19. The Hall–Kier alpha value is -1.95. The Morgan fingerprint density at radius 3 is 2.93 bits per heavy atom. The Kier molecular flexibility index (Phi) is 3.75. The van der Waals surface area contributed by atoms with Crippen molar-refractivity contribution < 1.29 is 10.1 Å². The molecule has 6 nitrogen and oxygen atoms in total. The van der Waals surface area contributed by atoms with Crippen LogP contribution in [0.15, 0.2) is 23.4 Å². The molecule has 0 atom stereocenters. The van der Waals surface area contributed by atoms with E-state index in [-0.39, 0.29) is 0 Å². The number of rotatable bonds is 4. The second kappa shape index (κ2) is 5.06. The Morgan fingerprint density at radius 1 is 1.67 bits per heavy atom. The molecule has 80 valence electrons. The van der Waals surface area contributed by atoms with Crippen LogP contribution < -0.4 is 15.8 Å². The summed E-state index contributed by atoms with van der Waals surface area (Å²) in [6.45, 7) is 0. The molecule has 0 aliphatic carbocycles. The number of nitrogens with two attached hydrogens (primary N) is 2. The lowest BCUT2D eigenvalue weighted by atomic mass is 10.2. The molecule has 0 saturated carbocycles. The smallest absolute Gasteiger partial charge is 0.237 e. The van der Waals surface area contributed by atoms with Gasteiger partial charge in [-0.1, -0.05) is 0 Å². The van der Waals surface area contributed by atoms with Crippen LogP contribution in [0.25, 0.3) is 5.70 Å². The third kappa shape index (κ3) is 2.50. The molecular weight excluding hydrogens is 194 g/mol. The number of hydrogen-bond donors (Lipinski definition) is 3. The fourth-order valence-corrected chi connectivity index (χ4v) is 1.13. The van der Waals surface area contributed by atoms with Crippen LogP contribution >= 0.6 is 0 Å². The van der Waals surface area contributed by atoms with E-state index in [0.29, 0.717) is 17.3 Å². The maximum atomic E-state index is 6.77. The Balaban J connectivity index is 3.14. The largest absolute Gasteiger partial charge is 0.480 e. The van der Waals surface area contributed by atoms with E-state index in [1.165, 1.54) is 13.3 Å². The van der Waals surface area contributed by atoms with E-state index in [0.717, 1.165) is 5.70 Å². The molecule has 6 heteroatoms. The third-order valence-electron chi connectivity index (χ3n) is 1.89. The average molecular weight is 208 g/mol. The molecule has 0 bridgehead atoms. The van der Waals surface area contributed by atoms with Gasteiger partial charge in [-0.3, -0.25) is 0 Å². The Labute approximate surface area is 87.7 Å². The first-order valence-electron chi connectivity index (χ1n) is 4.40. The topological polar surface area (TPSA) is 101 Å². The van der Waals surface area contributed by atoms with E-state index >= 15 is 0 Å². The van der Waals surface area contributed by atoms with E-state index in [1.807, 2.05) is 12.4 Å². The minimum absolute atomic E-state index is 0.380. The Morgan fingerprint density at radius 2 is 2.40 bits per heavy atom. The van der Waals surface area contributed by atoms with Crippen LogP contribution in [0.1, 0.15) is 5.69 Å². The number of nitrogens with zero attached hydrogens (tertiary/aromatic N) is 2. The van der Waals surface area contributed by atoms with Crippen molar-refractivity contribution in [2.24, 2.45) is 5.11 Å². The summed E-state index contributed by atoms with van der Waals surface area (Å²) in [5.74, 6) is 0.380. The van der Waals surface area contributed by atoms with Crippen LogP contribution in [0.4, 0.5) is 5.69 Å². The fourth-order valence-electron chi connectivity index (χ4n) is 1.13. The predicted octanol–water partition coefficient (Wildman–Crippen LogP) is 0.195. The molecular formula is C9H14N5O+. The van der Waals surface area contributed by atoms with E-state index in [2.05, 4.69) is 10.1 Å². The van der Waals surface area contributed by atoms with Crippen molar-refractivity contribution in [3.05, 3.63) is 24.0 Å². The molecule has 0 saturated heterocycles.